The first-order valence-electron chi connectivity index (χ1n) is 5.86. The molecular weight excluding hydrogens is 208 g/mol. The molecule has 0 aromatic heterocycles. The molecule has 5 nitrogen and oxygen atoms in total. The van der Waals surface area contributed by atoms with Gasteiger partial charge in [0.1, 0.15) is 6.10 Å². The van der Waals surface area contributed by atoms with Gasteiger partial charge in [0.25, 0.3) is 5.09 Å². The number of hydrogen-bond donors (Lipinski definition) is 0. The van der Waals surface area contributed by atoms with E-state index in [0.717, 1.165) is 25.9 Å². The molecule has 0 aromatic carbocycles. The monoisotopic (exact) mass is 230 g/mol. The zero-order valence-electron chi connectivity index (χ0n) is 10.6. The fourth-order valence-electron chi connectivity index (χ4n) is 2.04. The molecule has 0 saturated carbocycles. The zero-order valence-corrected chi connectivity index (χ0v) is 10.6. The van der Waals surface area contributed by atoms with E-state index in [2.05, 4.69) is 37.4 Å². The van der Waals surface area contributed by atoms with Crippen LogP contribution in [0.1, 0.15) is 40.5 Å². The molecule has 1 saturated heterocycles. The van der Waals surface area contributed by atoms with Crippen LogP contribution in [0, 0.1) is 15.5 Å². The Morgan fingerprint density at radius 1 is 1.38 bits per heavy atom. The Hall–Kier alpha value is -0.840. The highest BCUT2D eigenvalue weighted by molar-refractivity contribution is 4.83. The van der Waals surface area contributed by atoms with Gasteiger partial charge in [-0.2, -0.15) is 0 Å². The average molecular weight is 230 g/mol. The summed E-state index contributed by atoms with van der Waals surface area (Å²) >= 11 is 0. The molecule has 0 aromatic rings. The second-order valence-corrected chi connectivity index (χ2v) is 5.61. The molecule has 0 amide bonds. The lowest BCUT2D eigenvalue weighted by Gasteiger charge is -2.41. The Bertz CT molecular complexity index is 242. The third-order valence-corrected chi connectivity index (χ3v) is 3.51. The van der Waals surface area contributed by atoms with E-state index in [9.17, 15) is 10.1 Å². The second kappa shape index (κ2) is 4.99. The van der Waals surface area contributed by atoms with Crippen molar-refractivity contribution in [2.24, 2.45) is 5.41 Å². The van der Waals surface area contributed by atoms with E-state index in [-0.39, 0.29) is 11.5 Å². The van der Waals surface area contributed by atoms with Crippen LogP contribution in [0.2, 0.25) is 0 Å². The molecular formula is C11H22N2O3. The van der Waals surface area contributed by atoms with Gasteiger partial charge in [0.2, 0.25) is 0 Å². The first kappa shape index (κ1) is 13.2. The minimum Gasteiger partial charge on any atom is -0.310 e. The summed E-state index contributed by atoms with van der Waals surface area (Å²) in [5.74, 6) is 0. The van der Waals surface area contributed by atoms with E-state index in [1.165, 1.54) is 0 Å². The molecule has 1 unspecified atom stereocenters. The minimum absolute atomic E-state index is 0.210. The summed E-state index contributed by atoms with van der Waals surface area (Å²) in [7, 11) is 0. The first-order valence-corrected chi connectivity index (χ1v) is 5.86. The van der Waals surface area contributed by atoms with Crippen LogP contribution in [0.4, 0.5) is 0 Å². The molecule has 94 valence electrons. The van der Waals surface area contributed by atoms with Crippen molar-refractivity contribution in [1.82, 2.24) is 4.90 Å². The minimum atomic E-state index is -0.673. The molecule has 1 aliphatic heterocycles. The number of nitrogens with zero attached hydrogens (tertiary/aromatic N) is 2. The molecule has 1 aliphatic rings. The van der Waals surface area contributed by atoms with Gasteiger partial charge in [-0.1, -0.05) is 20.8 Å². The normalized spacial score (nSPS) is 21.8. The summed E-state index contributed by atoms with van der Waals surface area (Å²) in [5.41, 5.74) is 0.247. The molecule has 1 heterocycles. The van der Waals surface area contributed by atoms with E-state index in [0.29, 0.717) is 6.04 Å². The maximum Gasteiger partial charge on any atom is 0.294 e. The van der Waals surface area contributed by atoms with Gasteiger partial charge in [-0.3, -0.25) is 4.90 Å². The highest BCUT2D eigenvalue weighted by Gasteiger charge is 2.30. The molecule has 5 heteroatoms. The van der Waals surface area contributed by atoms with Gasteiger partial charge in [-0.05, 0) is 25.2 Å². The SMILES string of the molecule is CC(N1CCC(O[N+](=O)[O-])CC1)C(C)(C)C. The third-order valence-electron chi connectivity index (χ3n) is 3.51. The Kier molecular flexibility index (Phi) is 4.13. The van der Waals surface area contributed by atoms with Crippen molar-refractivity contribution in [3.63, 3.8) is 0 Å². The summed E-state index contributed by atoms with van der Waals surface area (Å²) < 4.78 is 0. The smallest absolute Gasteiger partial charge is 0.294 e. The summed E-state index contributed by atoms with van der Waals surface area (Å²) in [6, 6.07) is 0.490. The Morgan fingerprint density at radius 2 is 1.88 bits per heavy atom. The molecule has 0 aliphatic carbocycles. The molecule has 1 atom stereocenters. The van der Waals surface area contributed by atoms with Gasteiger partial charge in [0.15, 0.2) is 0 Å². The predicted octanol–water partition coefficient (Wildman–Crippen LogP) is 2.09. The van der Waals surface area contributed by atoms with Gasteiger partial charge in [0, 0.05) is 19.1 Å². The summed E-state index contributed by atoms with van der Waals surface area (Å²) in [6.45, 7) is 10.6. The maximum absolute atomic E-state index is 10.2. The quantitative estimate of drug-likeness (QED) is 0.550. The molecule has 16 heavy (non-hydrogen) atoms. The Balaban J connectivity index is 2.40. The van der Waals surface area contributed by atoms with Crippen LogP contribution in [-0.2, 0) is 4.84 Å². The van der Waals surface area contributed by atoms with Crippen LogP contribution < -0.4 is 0 Å². The van der Waals surface area contributed by atoms with Crippen molar-refractivity contribution in [3.05, 3.63) is 10.1 Å². The number of piperidine rings is 1. The van der Waals surface area contributed by atoms with Crippen LogP contribution >= 0.6 is 0 Å². The van der Waals surface area contributed by atoms with E-state index < -0.39 is 5.09 Å². The van der Waals surface area contributed by atoms with Crippen molar-refractivity contribution in [2.45, 2.75) is 52.7 Å². The fourth-order valence-corrected chi connectivity index (χ4v) is 2.04. The van der Waals surface area contributed by atoms with Crippen LogP contribution in [0.15, 0.2) is 0 Å². The lowest BCUT2D eigenvalue weighted by Crippen LogP contribution is -2.47. The molecule has 0 spiro atoms. The first-order chi connectivity index (χ1) is 7.30. The van der Waals surface area contributed by atoms with Crippen molar-refractivity contribution < 1.29 is 9.92 Å². The maximum atomic E-state index is 10.2. The summed E-state index contributed by atoms with van der Waals surface area (Å²) in [6.07, 6.45) is 1.29. The lowest BCUT2D eigenvalue weighted by atomic mass is 9.86. The van der Waals surface area contributed by atoms with Crippen molar-refractivity contribution >= 4 is 0 Å². The topological polar surface area (TPSA) is 55.6 Å². The molecule has 1 fully saturated rings. The predicted molar refractivity (Wildman–Crippen MR) is 61.6 cm³/mol. The average Bonchev–Trinajstić information content (AvgIpc) is 2.15. The molecule has 0 bridgehead atoms. The van der Waals surface area contributed by atoms with E-state index >= 15 is 0 Å². The molecule has 1 rings (SSSR count). The summed E-state index contributed by atoms with van der Waals surface area (Å²) in [5, 5.41) is 9.54. The van der Waals surface area contributed by atoms with Gasteiger partial charge >= 0.3 is 0 Å². The third kappa shape index (κ3) is 3.63. The van der Waals surface area contributed by atoms with Crippen LogP contribution in [0.3, 0.4) is 0 Å². The highest BCUT2D eigenvalue weighted by Crippen LogP contribution is 2.27. The van der Waals surface area contributed by atoms with E-state index in [1.54, 1.807) is 0 Å². The number of likely N-dealkylation sites (tertiary alicyclic amines) is 1. The van der Waals surface area contributed by atoms with Gasteiger partial charge < -0.3 is 4.84 Å². The van der Waals surface area contributed by atoms with Crippen molar-refractivity contribution in [3.8, 4) is 0 Å². The largest absolute Gasteiger partial charge is 0.310 e. The fraction of sp³-hybridized carbons (Fsp3) is 1.00. The number of hydrogen-bond acceptors (Lipinski definition) is 4. The van der Waals surface area contributed by atoms with Crippen molar-refractivity contribution in [1.29, 1.82) is 0 Å². The Labute approximate surface area is 96.9 Å². The molecule has 0 radical (unpaired) electrons. The zero-order chi connectivity index (χ0) is 12.3. The van der Waals surface area contributed by atoms with E-state index in [4.69, 9.17) is 0 Å². The Morgan fingerprint density at radius 3 is 2.25 bits per heavy atom. The molecule has 0 N–H and O–H groups in total. The van der Waals surface area contributed by atoms with Crippen LogP contribution in [-0.4, -0.2) is 35.2 Å². The second-order valence-electron chi connectivity index (χ2n) is 5.61. The van der Waals surface area contributed by atoms with E-state index in [1.807, 2.05) is 0 Å². The summed E-state index contributed by atoms with van der Waals surface area (Å²) in [4.78, 5) is 17.2. The van der Waals surface area contributed by atoms with Crippen LogP contribution in [0.5, 0.6) is 0 Å². The van der Waals surface area contributed by atoms with Gasteiger partial charge in [-0.15, -0.1) is 10.1 Å². The number of rotatable bonds is 3. The van der Waals surface area contributed by atoms with Gasteiger partial charge in [0.05, 0.1) is 0 Å². The lowest BCUT2D eigenvalue weighted by molar-refractivity contribution is -0.769. The standard InChI is InChI=1S/C11H22N2O3/c1-9(11(2,3)4)12-7-5-10(6-8-12)16-13(14)15/h9-10H,5-8H2,1-4H3. The van der Waals surface area contributed by atoms with Crippen LogP contribution in [0.25, 0.3) is 0 Å². The van der Waals surface area contributed by atoms with Crippen molar-refractivity contribution in [2.75, 3.05) is 13.1 Å². The highest BCUT2D eigenvalue weighted by atomic mass is 17.0. The van der Waals surface area contributed by atoms with Gasteiger partial charge in [-0.25, -0.2) is 0 Å².